The fourth-order valence-electron chi connectivity index (χ4n) is 1.57. The van der Waals surface area contributed by atoms with E-state index in [1.165, 1.54) is 11.3 Å². The van der Waals surface area contributed by atoms with E-state index >= 15 is 0 Å². The molecular formula is C12H19N3O3S. The Bertz CT molecular complexity index is 389. The van der Waals surface area contributed by atoms with E-state index in [2.05, 4.69) is 10.9 Å². The van der Waals surface area contributed by atoms with Crippen LogP contribution in [0, 0.1) is 0 Å². The third-order valence-corrected chi connectivity index (χ3v) is 3.25. The standard InChI is InChI=1S/C12H19N3O3S/c1-2-5-15(6-7-16)9-11(17)13-14-12(18)10-4-3-8-19-10/h3-4,8,16H,2,5-7,9H2,1H3,(H,13,17)(H,14,18). The summed E-state index contributed by atoms with van der Waals surface area (Å²) in [5.74, 6) is -0.626. The fraction of sp³-hybridized carbons (Fsp3) is 0.500. The van der Waals surface area contributed by atoms with Crippen LogP contribution < -0.4 is 10.9 Å². The summed E-state index contributed by atoms with van der Waals surface area (Å²) >= 11 is 1.31. The molecule has 1 aromatic heterocycles. The molecule has 0 aliphatic heterocycles. The maximum absolute atomic E-state index is 11.6. The van der Waals surface area contributed by atoms with Crippen LogP contribution in [0.5, 0.6) is 0 Å². The quantitative estimate of drug-likeness (QED) is 0.626. The number of carbonyl (C=O) groups excluding carboxylic acids is 2. The van der Waals surface area contributed by atoms with Crippen LogP contribution in [-0.4, -0.2) is 48.1 Å². The lowest BCUT2D eigenvalue weighted by atomic mass is 10.4. The molecule has 6 nitrogen and oxygen atoms in total. The largest absolute Gasteiger partial charge is 0.395 e. The fourth-order valence-corrected chi connectivity index (χ4v) is 2.18. The highest BCUT2D eigenvalue weighted by atomic mass is 32.1. The number of hydrazine groups is 1. The third-order valence-electron chi connectivity index (χ3n) is 2.38. The normalized spacial score (nSPS) is 10.5. The smallest absolute Gasteiger partial charge is 0.279 e. The van der Waals surface area contributed by atoms with E-state index in [0.717, 1.165) is 13.0 Å². The molecule has 7 heteroatoms. The number of aliphatic hydroxyl groups excluding tert-OH is 1. The lowest BCUT2D eigenvalue weighted by Crippen LogP contribution is -2.46. The molecule has 0 unspecified atom stereocenters. The molecule has 0 spiro atoms. The lowest BCUT2D eigenvalue weighted by molar-refractivity contribution is -0.123. The van der Waals surface area contributed by atoms with Crippen molar-refractivity contribution in [3.63, 3.8) is 0 Å². The van der Waals surface area contributed by atoms with Crippen LogP contribution in [0.4, 0.5) is 0 Å². The number of hydrogen-bond donors (Lipinski definition) is 3. The number of hydrogen-bond acceptors (Lipinski definition) is 5. The first kappa shape index (κ1) is 15.6. The minimum Gasteiger partial charge on any atom is -0.395 e. The van der Waals surface area contributed by atoms with E-state index in [0.29, 0.717) is 11.4 Å². The lowest BCUT2D eigenvalue weighted by Gasteiger charge is -2.19. The summed E-state index contributed by atoms with van der Waals surface area (Å²) in [4.78, 5) is 25.6. The molecule has 0 aliphatic carbocycles. The first-order valence-electron chi connectivity index (χ1n) is 6.13. The van der Waals surface area contributed by atoms with E-state index in [9.17, 15) is 9.59 Å². The van der Waals surface area contributed by atoms with Crippen LogP contribution in [0.25, 0.3) is 0 Å². The van der Waals surface area contributed by atoms with Gasteiger partial charge in [0.15, 0.2) is 0 Å². The SMILES string of the molecule is CCCN(CCO)CC(=O)NNC(=O)c1cccs1. The van der Waals surface area contributed by atoms with Crippen LogP contribution in [0.3, 0.4) is 0 Å². The summed E-state index contributed by atoms with van der Waals surface area (Å²) in [7, 11) is 0. The molecule has 19 heavy (non-hydrogen) atoms. The van der Waals surface area contributed by atoms with Crippen molar-refractivity contribution in [2.24, 2.45) is 0 Å². The van der Waals surface area contributed by atoms with Crippen molar-refractivity contribution in [3.05, 3.63) is 22.4 Å². The van der Waals surface area contributed by atoms with Crippen molar-refractivity contribution in [1.29, 1.82) is 0 Å². The van der Waals surface area contributed by atoms with E-state index < -0.39 is 0 Å². The number of carbonyl (C=O) groups is 2. The number of aliphatic hydroxyl groups is 1. The number of nitrogens with zero attached hydrogens (tertiary/aromatic N) is 1. The minimum atomic E-state index is -0.326. The van der Waals surface area contributed by atoms with Gasteiger partial charge in [0.2, 0.25) is 0 Å². The molecule has 1 aromatic rings. The molecule has 0 fully saturated rings. The van der Waals surface area contributed by atoms with E-state index in [1.54, 1.807) is 17.5 Å². The highest BCUT2D eigenvalue weighted by molar-refractivity contribution is 7.12. The van der Waals surface area contributed by atoms with Crippen molar-refractivity contribution < 1.29 is 14.7 Å². The Hall–Kier alpha value is -1.44. The molecule has 1 rings (SSSR count). The molecule has 0 bridgehead atoms. The molecule has 0 saturated heterocycles. The van der Waals surface area contributed by atoms with Crippen LogP contribution in [0.15, 0.2) is 17.5 Å². The van der Waals surface area contributed by atoms with E-state index in [-0.39, 0.29) is 25.0 Å². The van der Waals surface area contributed by atoms with Crippen LogP contribution in [-0.2, 0) is 4.79 Å². The zero-order valence-corrected chi connectivity index (χ0v) is 11.7. The van der Waals surface area contributed by atoms with Gasteiger partial charge < -0.3 is 5.11 Å². The Morgan fingerprint density at radius 1 is 1.37 bits per heavy atom. The van der Waals surface area contributed by atoms with Crippen molar-refractivity contribution >= 4 is 23.2 Å². The van der Waals surface area contributed by atoms with Gasteiger partial charge in [-0.25, -0.2) is 0 Å². The zero-order valence-electron chi connectivity index (χ0n) is 10.9. The van der Waals surface area contributed by atoms with Crippen LogP contribution in [0.1, 0.15) is 23.0 Å². The van der Waals surface area contributed by atoms with Gasteiger partial charge in [-0.1, -0.05) is 13.0 Å². The van der Waals surface area contributed by atoms with Gasteiger partial charge in [0.25, 0.3) is 11.8 Å². The van der Waals surface area contributed by atoms with E-state index in [1.807, 2.05) is 11.8 Å². The Morgan fingerprint density at radius 2 is 2.16 bits per heavy atom. The molecule has 0 aliphatic rings. The molecular weight excluding hydrogens is 266 g/mol. The number of amides is 2. The average Bonchev–Trinajstić information content (AvgIpc) is 2.90. The molecule has 3 N–H and O–H groups in total. The second-order valence-corrected chi connectivity index (χ2v) is 4.93. The van der Waals surface area contributed by atoms with Crippen molar-refractivity contribution in [2.45, 2.75) is 13.3 Å². The molecule has 106 valence electrons. The van der Waals surface area contributed by atoms with Crippen LogP contribution >= 0.6 is 11.3 Å². The van der Waals surface area contributed by atoms with Gasteiger partial charge in [0, 0.05) is 6.54 Å². The highest BCUT2D eigenvalue weighted by Gasteiger charge is 2.11. The maximum atomic E-state index is 11.6. The summed E-state index contributed by atoms with van der Waals surface area (Å²) in [6, 6.07) is 3.45. The summed E-state index contributed by atoms with van der Waals surface area (Å²) < 4.78 is 0. The Morgan fingerprint density at radius 3 is 2.74 bits per heavy atom. The first-order chi connectivity index (χ1) is 9.17. The van der Waals surface area contributed by atoms with Gasteiger partial charge in [0.1, 0.15) is 0 Å². The third kappa shape index (κ3) is 5.82. The average molecular weight is 285 g/mol. The Balaban J connectivity index is 2.32. The summed E-state index contributed by atoms with van der Waals surface area (Å²) in [6.07, 6.45) is 0.898. The molecule has 1 heterocycles. The summed E-state index contributed by atoms with van der Waals surface area (Å²) in [5, 5.41) is 10.7. The predicted octanol–water partition coefficient (Wildman–Crippen LogP) is 0.213. The number of rotatable bonds is 7. The molecule has 2 amide bonds. The second-order valence-electron chi connectivity index (χ2n) is 3.98. The van der Waals surface area contributed by atoms with Gasteiger partial charge in [-0.3, -0.25) is 25.3 Å². The van der Waals surface area contributed by atoms with E-state index in [4.69, 9.17) is 5.11 Å². The summed E-state index contributed by atoms with van der Waals surface area (Å²) in [5.41, 5.74) is 4.72. The maximum Gasteiger partial charge on any atom is 0.279 e. The zero-order chi connectivity index (χ0) is 14.1. The van der Waals surface area contributed by atoms with Crippen molar-refractivity contribution in [3.8, 4) is 0 Å². The van der Waals surface area contributed by atoms with Gasteiger partial charge >= 0.3 is 0 Å². The molecule has 0 radical (unpaired) electrons. The van der Waals surface area contributed by atoms with Gasteiger partial charge in [-0.2, -0.15) is 0 Å². The first-order valence-corrected chi connectivity index (χ1v) is 7.01. The van der Waals surface area contributed by atoms with Gasteiger partial charge in [-0.05, 0) is 24.4 Å². The summed E-state index contributed by atoms with van der Waals surface area (Å²) in [6.45, 7) is 3.34. The number of thiophene rings is 1. The van der Waals surface area contributed by atoms with Crippen molar-refractivity contribution in [2.75, 3.05) is 26.2 Å². The Kier molecular flexibility index (Phi) is 7.09. The molecule has 0 aromatic carbocycles. The topological polar surface area (TPSA) is 81.7 Å². The molecule has 0 atom stereocenters. The van der Waals surface area contributed by atoms with Gasteiger partial charge in [0.05, 0.1) is 18.0 Å². The van der Waals surface area contributed by atoms with Gasteiger partial charge in [-0.15, -0.1) is 11.3 Å². The minimum absolute atomic E-state index is 0.00876. The number of nitrogens with one attached hydrogen (secondary N) is 2. The van der Waals surface area contributed by atoms with Crippen LogP contribution in [0.2, 0.25) is 0 Å². The highest BCUT2D eigenvalue weighted by Crippen LogP contribution is 2.06. The second kappa shape index (κ2) is 8.63. The monoisotopic (exact) mass is 285 g/mol. The Labute approximate surface area is 116 Å². The molecule has 0 saturated carbocycles. The predicted molar refractivity (Wildman–Crippen MR) is 73.7 cm³/mol. The van der Waals surface area contributed by atoms with Crippen molar-refractivity contribution in [1.82, 2.24) is 15.8 Å².